The quantitative estimate of drug-likeness (QED) is 0.727. The lowest BCUT2D eigenvalue weighted by molar-refractivity contribution is -0.00876. The zero-order chi connectivity index (χ0) is 14.0. The van der Waals surface area contributed by atoms with Crippen LogP contribution in [0.4, 0.5) is 0 Å². The fourth-order valence-electron chi connectivity index (χ4n) is 2.51. The number of aromatic nitrogens is 2. The van der Waals surface area contributed by atoms with Gasteiger partial charge in [0.15, 0.2) is 0 Å². The van der Waals surface area contributed by atoms with Crippen LogP contribution < -0.4 is 11.2 Å². The van der Waals surface area contributed by atoms with E-state index < -0.39 is 11.2 Å². The summed E-state index contributed by atoms with van der Waals surface area (Å²) in [6.45, 7) is -0.0981. The van der Waals surface area contributed by atoms with E-state index in [0.29, 0.717) is 12.0 Å². The van der Waals surface area contributed by atoms with Crippen molar-refractivity contribution >= 4 is 22.0 Å². The third kappa shape index (κ3) is 2.58. The number of hydrogen-bond donors (Lipinski definition) is 3. The van der Waals surface area contributed by atoms with Gasteiger partial charge < -0.3 is 10.2 Å². The lowest BCUT2D eigenvalue weighted by atomic mass is 9.70. The molecule has 1 aliphatic rings. The zero-order valence-corrected chi connectivity index (χ0v) is 11.7. The Morgan fingerprint density at radius 2 is 2.16 bits per heavy atom. The topological polar surface area (TPSA) is 95.3 Å². The standard InChI is InChI=1S/C12H15BrN2O4/c13-2-1-7-4-15(12(19)14-11(7)18)10-3-8(5-16)9(10)6-17/h1-2,4,8-10,16-17H,3,5-6H2,(H,14,18,19)/t8-,9-,10+/m1/s1. The number of rotatable bonds is 4. The van der Waals surface area contributed by atoms with Gasteiger partial charge in [-0.2, -0.15) is 0 Å². The molecule has 3 atom stereocenters. The molecule has 104 valence electrons. The number of halogens is 1. The normalized spacial score (nSPS) is 26.6. The summed E-state index contributed by atoms with van der Waals surface area (Å²) in [5, 5.41) is 18.4. The van der Waals surface area contributed by atoms with Gasteiger partial charge in [-0.3, -0.25) is 14.3 Å². The van der Waals surface area contributed by atoms with Gasteiger partial charge in [-0.05, 0) is 23.4 Å². The average molecular weight is 331 g/mol. The molecule has 1 aromatic heterocycles. The number of hydrogen-bond acceptors (Lipinski definition) is 4. The van der Waals surface area contributed by atoms with Gasteiger partial charge in [-0.25, -0.2) is 4.79 Å². The number of aromatic amines is 1. The second-order valence-electron chi connectivity index (χ2n) is 4.64. The van der Waals surface area contributed by atoms with Gasteiger partial charge in [0.25, 0.3) is 5.56 Å². The number of nitrogens with zero attached hydrogens (tertiary/aromatic N) is 1. The van der Waals surface area contributed by atoms with E-state index in [9.17, 15) is 14.7 Å². The Kier molecular flexibility index (Phi) is 4.38. The van der Waals surface area contributed by atoms with Crippen LogP contribution in [0, 0.1) is 11.8 Å². The summed E-state index contributed by atoms with van der Waals surface area (Å²) in [6.07, 6.45) is 3.65. The summed E-state index contributed by atoms with van der Waals surface area (Å²) >= 11 is 3.08. The molecule has 0 aromatic carbocycles. The minimum absolute atomic E-state index is 0.00370. The molecule has 1 aliphatic carbocycles. The maximum atomic E-state index is 11.8. The van der Waals surface area contributed by atoms with E-state index in [4.69, 9.17) is 5.11 Å². The molecule has 3 N–H and O–H groups in total. The predicted octanol–water partition coefficient (Wildman–Crippen LogP) is 0.0640. The number of nitrogens with one attached hydrogen (secondary N) is 1. The van der Waals surface area contributed by atoms with Crippen molar-refractivity contribution in [2.24, 2.45) is 11.8 Å². The second-order valence-corrected chi connectivity index (χ2v) is 5.16. The van der Waals surface area contributed by atoms with Gasteiger partial charge in [0.1, 0.15) is 0 Å². The SMILES string of the molecule is O=c1[nH]c(=O)n([C@H]2C[C@H](CO)[C@H]2CO)cc1C=CBr. The number of H-pyrrole nitrogens is 1. The van der Waals surface area contributed by atoms with E-state index in [2.05, 4.69) is 20.9 Å². The highest BCUT2D eigenvalue weighted by Gasteiger charge is 2.41. The monoisotopic (exact) mass is 330 g/mol. The van der Waals surface area contributed by atoms with Crippen LogP contribution in [0.25, 0.3) is 6.08 Å². The van der Waals surface area contributed by atoms with Gasteiger partial charge >= 0.3 is 5.69 Å². The first kappa shape index (κ1) is 14.2. The highest BCUT2D eigenvalue weighted by molar-refractivity contribution is 9.11. The number of aliphatic hydroxyl groups is 2. The maximum Gasteiger partial charge on any atom is 0.328 e. The molecule has 2 rings (SSSR count). The summed E-state index contributed by atoms with van der Waals surface area (Å²) in [7, 11) is 0. The van der Waals surface area contributed by atoms with Crippen molar-refractivity contribution in [3.63, 3.8) is 0 Å². The first-order valence-corrected chi connectivity index (χ1v) is 6.87. The summed E-state index contributed by atoms with van der Waals surface area (Å²) in [4.78, 5) is 27.2. The van der Waals surface area contributed by atoms with E-state index >= 15 is 0 Å². The van der Waals surface area contributed by atoms with Crippen LogP contribution in [-0.4, -0.2) is 33.0 Å². The Labute approximate surface area is 117 Å². The molecular weight excluding hydrogens is 316 g/mol. The molecule has 0 bridgehead atoms. The van der Waals surface area contributed by atoms with Crippen molar-refractivity contribution in [1.29, 1.82) is 0 Å². The fourth-order valence-corrected chi connectivity index (χ4v) is 2.80. The molecule has 0 unspecified atom stereocenters. The lowest BCUT2D eigenvalue weighted by Gasteiger charge is -2.43. The van der Waals surface area contributed by atoms with Crippen LogP contribution >= 0.6 is 15.9 Å². The predicted molar refractivity (Wildman–Crippen MR) is 74.1 cm³/mol. The molecule has 1 fully saturated rings. The highest BCUT2D eigenvalue weighted by Crippen LogP contribution is 2.42. The molecule has 1 heterocycles. The van der Waals surface area contributed by atoms with Crippen molar-refractivity contribution in [1.82, 2.24) is 9.55 Å². The van der Waals surface area contributed by atoms with Crippen LogP contribution in [0.2, 0.25) is 0 Å². The highest BCUT2D eigenvalue weighted by atomic mass is 79.9. The minimum Gasteiger partial charge on any atom is -0.396 e. The molecule has 0 amide bonds. The van der Waals surface area contributed by atoms with E-state index in [1.807, 2.05) is 0 Å². The first-order valence-electron chi connectivity index (χ1n) is 5.96. The summed E-state index contributed by atoms with van der Waals surface area (Å²) in [5.41, 5.74) is -0.576. The first-order chi connectivity index (χ1) is 9.12. The molecule has 1 saturated carbocycles. The van der Waals surface area contributed by atoms with Gasteiger partial charge in [0.2, 0.25) is 0 Å². The largest absolute Gasteiger partial charge is 0.396 e. The molecule has 0 aliphatic heterocycles. The Balaban J connectivity index is 2.38. The van der Waals surface area contributed by atoms with Gasteiger partial charge in [0, 0.05) is 31.4 Å². The van der Waals surface area contributed by atoms with Crippen molar-refractivity contribution < 1.29 is 10.2 Å². The van der Waals surface area contributed by atoms with Crippen molar-refractivity contribution in [3.8, 4) is 0 Å². The molecule has 1 aromatic rings. The summed E-state index contributed by atoms with van der Waals surface area (Å²) < 4.78 is 1.43. The van der Waals surface area contributed by atoms with E-state index in [1.165, 1.54) is 15.7 Å². The Morgan fingerprint density at radius 3 is 2.74 bits per heavy atom. The average Bonchev–Trinajstić information content (AvgIpc) is 2.34. The van der Waals surface area contributed by atoms with Crippen molar-refractivity contribution in [2.75, 3.05) is 13.2 Å². The minimum atomic E-state index is -0.489. The van der Waals surface area contributed by atoms with Crippen molar-refractivity contribution in [3.05, 3.63) is 37.6 Å². The summed E-state index contributed by atoms with van der Waals surface area (Å²) in [6, 6.07) is -0.186. The fraction of sp³-hybridized carbons (Fsp3) is 0.500. The molecule has 0 saturated heterocycles. The van der Waals surface area contributed by atoms with Crippen molar-refractivity contribution in [2.45, 2.75) is 12.5 Å². The molecular formula is C12H15BrN2O4. The molecule has 6 nitrogen and oxygen atoms in total. The zero-order valence-electron chi connectivity index (χ0n) is 10.1. The van der Waals surface area contributed by atoms with Gasteiger partial charge in [0.05, 0.1) is 5.56 Å². The molecule has 19 heavy (non-hydrogen) atoms. The van der Waals surface area contributed by atoms with Crippen LogP contribution in [0.1, 0.15) is 18.0 Å². The van der Waals surface area contributed by atoms with E-state index in [1.54, 1.807) is 6.08 Å². The molecule has 0 spiro atoms. The second kappa shape index (κ2) is 5.85. The maximum absolute atomic E-state index is 11.8. The number of aliphatic hydroxyl groups excluding tert-OH is 2. The third-order valence-electron chi connectivity index (χ3n) is 3.68. The third-order valence-corrected chi connectivity index (χ3v) is 3.95. The molecule has 0 radical (unpaired) electrons. The molecule has 7 heteroatoms. The van der Waals surface area contributed by atoms with E-state index in [0.717, 1.165) is 0 Å². The van der Waals surface area contributed by atoms with Gasteiger partial charge in [-0.15, -0.1) is 0 Å². The Bertz CT molecular complexity index is 592. The Morgan fingerprint density at radius 1 is 1.42 bits per heavy atom. The Hall–Kier alpha value is -1.18. The van der Waals surface area contributed by atoms with Crippen LogP contribution in [0.5, 0.6) is 0 Å². The summed E-state index contributed by atoms with van der Waals surface area (Å²) in [5.74, 6) is -0.154. The smallest absolute Gasteiger partial charge is 0.328 e. The van der Waals surface area contributed by atoms with Crippen LogP contribution in [0.15, 0.2) is 20.8 Å². The van der Waals surface area contributed by atoms with Crippen LogP contribution in [0.3, 0.4) is 0 Å². The van der Waals surface area contributed by atoms with Gasteiger partial charge in [-0.1, -0.05) is 15.9 Å². The van der Waals surface area contributed by atoms with Crippen LogP contribution in [-0.2, 0) is 0 Å². The lowest BCUT2D eigenvalue weighted by Crippen LogP contribution is -2.47. The van der Waals surface area contributed by atoms with E-state index in [-0.39, 0.29) is 31.1 Å².